The molecule has 0 bridgehead atoms. The molecular formula is C14H21NO5. The van der Waals surface area contributed by atoms with Gasteiger partial charge in [0.05, 0.1) is 13.2 Å². The Morgan fingerprint density at radius 2 is 2.15 bits per heavy atom. The van der Waals surface area contributed by atoms with Crippen LogP contribution in [-0.2, 0) is 19.1 Å². The number of carbonyl (C=O) groups is 1. The average molecular weight is 283 g/mol. The van der Waals surface area contributed by atoms with E-state index in [9.17, 15) is 9.90 Å². The second-order valence-corrected chi connectivity index (χ2v) is 5.41. The Kier molecular flexibility index (Phi) is 3.80. The maximum Gasteiger partial charge on any atom is 0.356 e. The lowest BCUT2D eigenvalue weighted by atomic mass is 9.72. The van der Waals surface area contributed by atoms with Crippen molar-refractivity contribution in [1.29, 1.82) is 0 Å². The maximum atomic E-state index is 12.0. The molecule has 0 aromatic heterocycles. The second-order valence-electron chi connectivity index (χ2n) is 5.41. The van der Waals surface area contributed by atoms with Crippen LogP contribution in [0.1, 0.15) is 34.1 Å². The van der Waals surface area contributed by atoms with Crippen molar-refractivity contribution in [3.63, 3.8) is 0 Å². The Bertz CT molecular complexity index is 480. The normalized spacial score (nSPS) is 27.6. The summed E-state index contributed by atoms with van der Waals surface area (Å²) in [7, 11) is 0. The average Bonchev–Trinajstić information content (AvgIpc) is 2.74. The first kappa shape index (κ1) is 14.9. The van der Waals surface area contributed by atoms with Gasteiger partial charge in [-0.2, -0.15) is 0 Å². The summed E-state index contributed by atoms with van der Waals surface area (Å²) < 4.78 is 10.4. The highest BCUT2D eigenvalue weighted by molar-refractivity contribution is 5.90. The molecular weight excluding hydrogens is 262 g/mol. The van der Waals surface area contributed by atoms with E-state index in [1.54, 1.807) is 13.0 Å². The molecule has 20 heavy (non-hydrogen) atoms. The topological polar surface area (TPSA) is 77.0 Å². The quantitative estimate of drug-likeness (QED) is 0.759. The Balaban J connectivity index is 2.49. The molecule has 0 saturated carbocycles. The first-order valence-corrected chi connectivity index (χ1v) is 6.79. The third-order valence-corrected chi connectivity index (χ3v) is 3.48. The monoisotopic (exact) mass is 283 g/mol. The van der Waals surface area contributed by atoms with Crippen LogP contribution >= 0.6 is 0 Å². The number of rotatable bonds is 4. The minimum absolute atomic E-state index is 0.157. The van der Waals surface area contributed by atoms with Crippen LogP contribution in [0.5, 0.6) is 0 Å². The number of esters is 1. The molecule has 6 nitrogen and oxygen atoms in total. The van der Waals surface area contributed by atoms with Crippen molar-refractivity contribution in [3.05, 3.63) is 23.1 Å². The van der Waals surface area contributed by atoms with Crippen molar-refractivity contribution in [2.45, 2.75) is 39.9 Å². The number of nitrogens with one attached hydrogen (secondary N) is 1. The molecule has 0 saturated heterocycles. The molecule has 0 fully saturated rings. The zero-order valence-electron chi connectivity index (χ0n) is 12.3. The first-order valence-electron chi connectivity index (χ1n) is 6.79. The van der Waals surface area contributed by atoms with Gasteiger partial charge in [0.15, 0.2) is 11.5 Å². The van der Waals surface area contributed by atoms with Crippen LogP contribution in [0.4, 0.5) is 0 Å². The lowest BCUT2D eigenvalue weighted by Crippen LogP contribution is -2.43. The van der Waals surface area contributed by atoms with Gasteiger partial charge in [0.1, 0.15) is 0 Å². The summed E-state index contributed by atoms with van der Waals surface area (Å²) in [6.45, 7) is 8.07. The molecule has 1 aliphatic heterocycles. The smallest absolute Gasteiger partial charge is 0.356 e. The van der Waals surface area contributed by atoms with E-state index >= 15 is 0 Å². The van der Waals surface area contributed by atoms with Crippen LogP contribution < -0.4 is 5.48 Å². The van der Waals surface area contributed by atoms with Gasteiger partial charge < -0.3 is 14.6 Å². The molecule has 0 aromatic rings. The molecule has 0 amide bonds. The summed E-state index contributed by atoms with van der Waals surface area (Å²) in [4.78, 5) is 17.3. The molecule has 0 spiro atoms. The van der Waals surface area contributed by atoms with Gasteiger partial charge in [-0.05, 0) is 31.8 Å². The molecule has 2 N–H and O–H groups in total. The molecule has 1 unspecified atom stereocenters. The van der Waals surface area contributed by atoms with Gasteiger partial charge in [-0.15, -0.1) is 0 Å². The van der Waals surface area contributed by atoms with E-state index < -0.39 is 17.2 Å². The third-order valence-electron chi connectivity index (χ3n) is 3.48. The molecule has 1 heterocycles. The third kappa shape index (κ3) is 2.19. The van der Waals surface area contributed by atoms with Crippen LogP contribution in [0.2, 0.25) is 0 Å². The summed E-state index contributed by atoms with van der Waals surface area (Å²) in [5.41, 5.74) is 2.67. The molecule has 1 aliphatic carbocycles. The Morgan fingerprint density at radius 3 is 2.75 bits per heavy atom. The lowest BCUT2D eigenvalue weighted by molar-refractivity contribution is -0.195. The predicted molar refractivity (Wildman–Crippen MR) is 70.9 cm³/mol. The van der Waals surface area contributed by atoms with Crippen LogP contribution in [0.3, 0.4) is 0 Å². The van der Waals surface area contributed by atoms with Gasteiger partial charge in [0.2, 0.25) is 0 Å². The van der Waals surface area contributed by atoms with Gasteiger partial charge in [0.25, 0.3) is 5.79 Å². The van der Waals surface area contributed by atoms with E-state index in [0.29, 0.717) is 24.4 Å². The van der Waals surface area contributed by atoms with Gasteiger partial charge >= 0.3 is 5.97 Å². The van der Waals surface area contributed by atoms with E-state index in [-0.39, 0.29) is 12.3 Å². The minimum atomic E-state index is -1.75. The second kappa shape index (κ2) is 5.10. The van der Waals surface area contributed by atoms with Gasteiger partial charge in [-0.3, -0.25) is 5.48 Å². The summed E-state index contributed by atoms with van der Waals surface area (Å²) in [5.74, 6) is -1.98. The summed E-state index contributed by atoms with van der Waals surface area (Å²) in [5, 5.41) is 10.8. The number of hydroxylamine groups is 1. The van der Waals surface area contributed by atoms with E-state index in [2.05, 4.69) is 5.48 Å². The Labute approximate surface area is 118 Å². The van der Waals surface area contributed by atoms with Crippen molar-refractivity contribution < 1.29 is 24.2 Å². The molecule has 1 atom stereocenters. The highest BCUT2D eigenvalue weighted by atomic mass is 16.8. The van der Waals surface area contributed by atoms with E-state index in [4.69, 9.17) is 14.3 Å². The standard InChI is InChI=1S/C14H21NO5/c1-5-18-9-7-8-13(3,4)11-10(12(16)19-6-2)15-20-14(9,11)17/h7,15,17H,5-6,8H2,1-4H3. The minimum Gasteiger partial charge on any atom is -0.492 e. The highest BCUT2D eigenvalue weighted by Crippen LogP contribution is 2.50. The summed E-state index contributed by atoms with van der Waals surface area (Å²) >= 11 is 0. The summed E-state index contributed by atoms with van der Waals surface area (Å²) in [6.07, 6.45) is 2.43. The SMILES string of the molecule is CCOC(=O)C1=C2C(C)(C)CC=C(OCC)C2(O)ON1. The Hall–Kier alpha value is -1.53. The molecule has 112 valence electrons. The number of ether oxygens (including phenoxy) is 2. The van der Waals surface area contributed by atoms with E-state index in [0.717, 1.165) is 0 Å². The summed E-state index contributed by atoms with van der Waals surface area (Å²) in [6, 6.07) is 0. The molecule has 0 aromatic carbocycles. The fourth-order valence-corrected chi connectivity index (χ4v) is 2.61. The van der Waals surface area contributed by atoms with Gasteiger partial charge in [-0.1, -0.05) is 13.8 Å². The van der Waals surface area contributed by atoms with E-state index in [1.807, 2.05) is 20.8 Å². The zero-order valence-corrected chi connectivity index (χ0v) is 12.3. The highest BCUT2D eigenvalue weighted by Gasteiger charge is 2.55. The largest absolute Gasteiger partial charge is 0.492 e. The van der Waals surface area contributed by atoms with Crippen LogP contribution in [0.15, 0.2) is 23.1 Å². The zero-order chi connectivity index (χ0) is 15.0. The molecule has 2 aliphatic rings. The number of fused-ring (bicyclic) bond motifs is 1. The maximum absolute atomic E-state index is 12.0. The molecule has 0 radical (unpaired) electrons. The van der Waals surface area contributed by atoms with Crippen molar-refractivity contribution in [2.24, 2.45) is 5.41 Å². The van der Waals surface area contributed by atoms with Crippen LogP contribution in [0.25, 0.3) is 0 Å². The van der Waals surface area contributed by atoms with Crippen molar-refractivity contribution >= 4 is 5.97 Å². The number of carbonyl (C=O) groups excluding carboxylic acids is 1. The number of hydrogen-bond acceptors (Lipinski definition) is 6. The fourth-order valence-electron chi connectivity index (χ4n) is 2.61. The lowest BCUT2D eigenvalue weighted by Gasteiger charge is -2.38. The van der Waals surface area contributed by atoms with Crippen molar-refractivity contribution in [2.75, 3.05) is 13.2 Å². The predicted octanol–water partition coefficient (Wildman–Crippen LogP) is 1.38. The van der Waals surface area contributed by atoms with Gasteiger partial charge in [-0.25, -0.2) is 9.63 Å². The van der Waals surface area contributed by atoms with Gasteiger partial charge in [0, 0.05) is 5.57 Å². The number of aliphatic hydroxyl groups is 1. The van der Waals surface area contributed by atoms with Crippen molar-refractivity contribution in [3.8, 4) is 0 Å². The fraction of sp³-hybridized carbons (Fsp3) is 0.643. The Morgan fingerprint density at radius 1 is 1.45 bits per heavy atom. The first-order chi connectivity index (χ1) is 9.36. The van der Waals surface area contributed by atoms with E-state index in [1.165, 1.54) is 0 Å². The number of allylic oxidation sites excluding steroid dienone is 1. The van der Waals surface area contributed by atoms with Crippen molar-refractivity contribution in [1.82, 2.24) is 5.48 Å². The number of hydrogen-bond donors (Lipinski definition) is 2. The molecule has 2 rings (SSSR count). The van der Waals surface area contributed by atoms with Crippen LogP contribution in [-0.4, -0.2) is 30.1 Å². The molecule has 6 heteroatoms. The van der Waals surface area contributed by atoms with Crippen LogP contribution in [0, 0.1) is 5.41 Å².